The predicted molar refractivity (Wildman–Crippen MR) is 72.3 cm³/mol. The number of amides is 2. The van der Waals surface area contributed by atoms with Crippen molar-refractivity contribution in [3.05, 3.63) is 17.7 Å². The Bertz CT molecular complexity index is 557. The molecule has 0 saturated heterocycles. The largest absolute Gasteiger partial charge is 0.454 e. The molecule has 5 N–H and O–H groups in total. The Labute approximate surface area is 116 Å². The highest BCUT2D eigenvalue weighted by atomic mass is 16.7. The molecule has 7 heteroatoms. The van der Waals surface area contributed by atoms with Crippen LogP contribution >= 0.6 is 0 Å². The van der Waals surface area contributed by atoms with Crippen LogP contribution in [0.2, 0.25) is 0 Å². The van der Waals surface area contributed by atoms with Crippen LogP contribution in [0.1, 0.15) is 24.2 Å². The number of rotatable bonds is 4. The third kappa shape index (κ3) is 2.61. The lowest BCUT2D eigenvalue weighted by Gasteiger charge is -2.19. The number of carbonyl (C=O) groups excluding carboxylic acids is 2. The lowest BCUT2D eigenvalue weighted by atomic mass is 10.0. The summed E-state index contributed by atoms with van der Waals surface area (Å²) in [5.41, 5.74) is 11.5. The number of hydrogen-bond donors (Lipinski definition) is 3. The Morgan fingerprint density at radius 3 is 2.40 bits per heavy atom. The first-order chi connectivity index (χ1) is 9.40. The monoisotopic (exact) mass is 279 g/mol. The van der Waals surface area contributed by atoms with Gasteiger partial charge in [0.1, 0.15) is 6.04 Å². The molecule has 0 spiro atoms. The van der Waals surface area contributed by atoms with Crippen molar-refractivity contribution in [1.29, 1.82) is 0 Å². The summed E-state index contributed by atoms with van der Waals surface area (Å²) in [7, 11) is 0. The Hall–Kier alpha value is -2.44. The van der Waals surface area contributed by atoms with Crippen molar-refractivity contribution in [3.8, 4) is 11.5 Å². The number of nitrogens with one attached hydrogen (secondary N) is 1. The van der Waals surface area contributed by atoms with Crippen LogP contribution in [0.25, 0.3) is 0 Å². The van der Waals surface area contributed by atoms with Crippen LogP contribution in [0, 0.1) is 5.92 Å². The number of nitrogen functional groups attached to an aromatic ring is 1. The maximum atomic E-state index is 12.2. The van der Waals surface area contributed by atoms with Gasteiger partial charge in [0.25, 0.3) is 5.91 Å². The predicted octanol–water partition coefficient (Wildman–Crippen LogP) is 0.237. The van der Waals surface area contributed by atoms with E-state index in [1.165, 1.54) is 12.1 Å². The smallest absolute Gasteiger partial charge is 0.254 e. The molecule has 1 heterocycles. The van der Waals surface area contributed by atoms with Crippen LogP contribution in [0.4, 0.5) is 5.69 Å². The van der Waals surface area contributed by atoms with E-state index in [9.17, 15) is 9.59 Å². The summed E-state index contributed by atoms with van der Waals surface area (Å²) in [6, 6.07) is 2.25. The maximum absolute atomic E-state index is 12.2. The molecule has 0 fully saturated rings. The van der Waals surface area contributed by atoms with Crippen molar-refractivity contribution in [2.45, 2.75) is 19.9 Å². The summed E-state index contributed by atoms with van der Waals surface area (Å²) < 4.78 is 10.4. The van der Waals surface area contributed by atoms with Crippen molar-refractivity contribution < 1.29 is 19.1 Å². The van der Waals surface area contributed by atoms with Gasteiger partial charge in [-0.15, -0.1) is 0 Å². The van der Waals surface area contributed by atoms with E-state index in [0.717, 1.165) is 0 Å². The number of ether oxygens (including phenoxy) is 2. The first-order valence-electron chi connectivity index (χ1n) is 6.19. The molecule has 108 valence electrons. The van der Waals surface area contributed by atoms with Crippen molar-refractivity contribution in [1.82, 2.24) is 5.32 Å². The van der Waals surface area contributed by atoms with Crippen LogP contribution in [-0.4, -0.2) is 24.6 Å². The molecule has 1 atom stereocenters. The summed E-state index contributed by atoms with van der Waals surface area (Å²) in [6.45, 7) is 3.67. The van der Waals surface area contributed by atoms with Crippen LogP contribution in [0.3, 0.4) is 0 Å². The van der Waals surface area contributed by atoms with E-state index >= 15 is 0 Å². The highest BCUT2D eigenvalue weighted by molar-refractivity contribution is 6.02. The Kier molecular flexibility index (Phi) is 3.69. The lowest BCUT2D eigenvalue weighted by molar-refractivity contribution is -0.120. The molecular formula is C13H17N3O4. The fourth-order valence-electron chi connectivity index (χ4n) is 1.94. The number of fused-ring (bicyclic) bond motifs is 1. The molecule has 1 aromatic rings. The van der Waals surface area contributed by atoms with Gasteiger partial charge in [-0.05, 0) is 12.0 Å². The molecule has 0 radical (unpaired) electrons. The number of benzene rings is 1. The second-order valence-electron chi connectivity index (χ2n) is 4.89. The molecule has 7 nitrogen and oxygen atoms in total. The summed E-state index contributed by atoms with van der Waals surface area (Å²) in [4.78, 5) is 23.5. The van der Waals surface area contributed by atoms with Crippen molar-refractivity contribution >= 4 is 17.5 Å². The SMILES string of the molecule is CC(C)C(NC(=O)c1cc2c(cc1N)OCO2)C(N)=O. The van der Waals surface area contributed by atoms with Crippen LogP contribution in [0.5, 0.6) is 11.5 Å². The van der Waals surface area contributed by atoms with E-state index in [1.807, 2.05) is 0 Å². The van der Waals surface area contributed by atoms with Crippen LogP contribution < -0.4 is 26.3 Å². The summed E-state index contributed by atoms with van der Waals surface area (Å²) >= 11 is 0. The zero-order chi connectivity index (χ0) is 14.9. The third-order valence-electron chi connectivity index (χ3n) is 3.05. The average molecular weight is 279 g/mol. The molecule has 0 saturated carbocycles. The van der Waals surface area contributed by atoms with Crippen molar-refractivity contribution in [2.75, 3.05) is 12.5 Å². The highest BCUT2D eigenvalue weighted by Crippen LogP contribution is 2.35. The van der Waals surface area contributed by atoms with E-state index in [-0.39, 0.29) is 24.0 Å². The normalized spacial score (nSPS) is 14.2. The molecule has 20 heavy (non-hydrogen) atoms. The number of nitrogens with two attached hydrogens (primary N) is 2. The quantitative estimate of drug-likeness (QED) is 0.682. The summed E-state index contributed by atoms with van der Waals surface area (Å²) in [5, 5.41) is 2.57. The van der Waals surface area contributed by atoms with Gasteiger partial charge in [-0.3, -0.25) is 9.59 Å². The minimum Gasteiger partial charge on any atom is -0.454 e. The lowest BCUT2D eigenvalue weighted by Crippen LogP contribution is -2.47. The van der Waals surface area contributed by atoms with Gasteiger partial charge >= 0.3 is 0 Å². The van der Waals surface area contributed by atoms with E-state index in [1.54, 1.807) is 13.8 Å². The van der Waals surface area contributed by atoms with Crippen molar-refractivity contribution in [2.24, 2.45) is 11.7 Å². The molecule has 0 aromatic heterocycles. The van der Waals surface area contributed by atoms with E-state index in [2.05, 4.69) is 5.32 Å². The van der Waals surface area contributed by atoms with Crippen molar-refractivity contribution in [3.63, 3.8) is 0 Å². The fourth-order valence-corrected chi connectivity index (χ4v) is 1.94. The maximum Gasteiger partial charge on any atom is 0.254 e. The van der Waals surface area contributed by atoms with Gasteiger partial charge < -0.3 is 26.3 Å². The fraction of sp³-hybridized carbons (Fsp3) is 0.385. The first kappa shape index (κ1) is 14.0. The Morgan fingerprint density at radius 1 is 1.25 bits per heavy atom. The standard InChI is InChI=1S/C13H17N3O4/c1-6(2)11(12(15)17)16-13(18)7-3-9-10(4-8(7)14)20-5-19-9/h3-4,6,11H,5,14H2,1-2H3,(H2,15,17)(H,16,18). The second-order valence-corrected chi connectivity index (χ2v) is 4.89. The van der Waals surface area contributed by atoms with E-state index in [4.69, 9.17) is 20.9 Å². The van der Waals surface area contributed by atoms with E-state index in [0.29, 0.717) is 11.5 Å². The van der Waals surface area contributed by atoms with Gasteiger partial charge in [-0.25, -0.2) is 0 Å². The number of primary amides is 1. The topological polar surface area (TPSA) is 117 Å². The van der Waals surface area contributed by atoms with Gasteiger partial charge in [0.05, 0.1) is 5.56 Å². The molecule has 0 bridgehead atoms. The molecule has 2 rings (SSSR count). The highest BCUT2D eigenvalue weighted by Gasteiger charge is 2.25. The molecule has 0 aliphatic carbocycles. The third-order valence-corrected chi connectivity index (χ3v) is 3.05. The van der Waals surface area contributed by atoms with Gasteiger partial charge in [-0.1, -0.05) is 13.8 Å². The Balaban J connectivity index is 2.23. The zero-order valence-corrected chi connectivity index (χ0v) is 11.3. The van der Waals surface area contributed by atoms with E-state index < -0.39 is 17.9 Å². The molecule has 2 amide bonds. The average Bonchev–Trinajstić information content (AvgIpc) is 2.80. The number of carbonyl (C=O) groups is 2. The molecular weight excluding hydrogens is 262 g/mol. The first-order valence-corrected chi connectivity index (χ1v) is 6.19. The Morgan fingerprint density at radius 2 is 1.85 bits per heavy atom. The van der Waals surface area contributed by atoms with Gasteiger partial charge in [0.2, 0.25) is 12.7 Å². The number of anilines is 1. The molecule has 1 aliphatic heterocycles. The minimum atomic E-state index is -0.757. The second kappa shape index (κ2) is 5.28. The van der Waals surface area contributed by atoms with Gasteiger partial charge in [-0.2, -0.15) is 0 Å². The zero-order valence-electron chi connectivity index (χ0n) is 11.3. The molecule has 1 unspecified atom stereocenters. The van der Waals surface area contributed by atoms with Crippen LogP contribution in [0.15, 0.2) is 12.1 Å². The van der Waals surface area contributed by atoms with Crippen LogP contribution in [-0.2, 0) is 4.79 Å². The van der Waals surface area contributed by atoms with Gasteiger partial charge in [0.15, 0.2) is 11.5 Å². The summed E-state index contributed by atoms with van der Waals surface area (Å²) in [6.07, 6.45) is 0. The summed E-state index contributed by atoms with van der Waals surface area (Å²) in [5.74, 6) is -0.239. The molecule has 1 aliphatic rings. The molecule has 1 aromatic carbocycles. The minimum absolute atomic E-state index is 0.0930. The van der Waals surface area contributed by atoms with Gasteiger partial charge in [0, 0.05) is 11.8 Å². The number of hydrogen-bond acceptors (Lipinski definition) is 5.